The molecule has 1 N–H and O–H groups in total. The van der Waals surface area contributed by atoms with Gasteiger partial charge >= 0.3 is 0 Å². The van der Waals surface area contributed by atoms with Gasteiger partial charge in [-0.1, -0.05) is 41.9 Å². The molecule has 6 nitrogen and oxygen atoms in total. The zero-order valence-corrected chi connectivity index (χ0v) is 17.1. The molecule has 1 saturated heterocycles. The molecule has 2 aromatic rings. The molecule has 0 aliphatic carbocycles. The minimum absolute atomic E-state index is 0.0179. The molecule has 6 heteroatoms. The molecule has 0 saturated carbocycles. The van der Waals surface area contributed by atoms with Gasteiger partial charge in [-0.25, -0.2) is 0 Å². The molecular formula is C23H32N2O4. The number of ether oxygens (including phenoxy) is 2. The number of nitrogens with zero attached hydrogens (tertiary/aromatic N) is 1. The summed E-state index contributed by atoms with van der Waals surface area (Å²) in [6, 6.07) is 12.4. The van der Waals surface area contributed by atoms with Crippen LogP contribution in [0.15, 0.2) is 40.9 Å². The zero-order chi connectivity index (χ0) is 20.2. The summed E-state index contributed by atoms with van der Waals surface area (Å²) >= 11 is 0. The Balaban J connectivity index is 1.22. The van der Waals surface area contributed by atoms with Crippen molar-refractivity contribution in [3.05, 3.63) is 53.4 Å². The van der Waals surface area contributed by atoms with Gasteiger partial charge in [0.05, 0.1) is 12.1 Å². The molecule has 0 bridgehead atoms. The summed E-state index contributed by atoms with van der Waals surface area (Å²) in [5.41, 5.74) is 2.04. The third kappa shape index (κ3) is 8.38. The highest BCUT2D eigenvalue weighted by molar-refractivity contribution is 5.78. The highest BCUT2D eigenvalue weighted by Crippen LogP contribution is 2.13. The Morgan fingerprint density at radius 1 is 1.14 bits per heavy atom. The number of aromatic nitrogens is 1. The third-order valence-electron chi connectivity index (χ3n) is 5.22. The highest BCUT2D eigenvalue weighted by atomic mass is 16.5. The molecular weight excluding hydrogens is 368 g/mol. The summed E-state index contributed by atoms with van der Waals surface area (Å²) in [6.45, 7) is 3.40. The lowest BCUT2D eigenvalue weighted by atomic mass is 10.0. The van der Waals surface area contributed by atoms with E-state index in [0.717, 1.165) is 45.3 Å². The first kappa shape index (κ1) is 21.5. The predicted molar refractivity (Wildman–Crippen MR) is 110 cm³/mol. The number of aryl methyl sites for hydroxylation is 1. The fraction of sp³-hybridized carbons (Fsp3) is 0.565. The van der Waals surface area contributed by atoms with Crippen LogP contribution in [0.3, 0.4) is 0 Å². The maximum atomic E-state index is 12.1. The van der Waals surface area contributed by atoms with Crippen LogP contribution >= 0.6 is 0 Å². The molecule has 1 amide bonds. The zero-order valence-electron chi connectivity index (χ0n) is 17.1. The number of carbonyl (C=O) groups excluding carboxylic acids is 1. The van der Waals surface area contributed by atoms with Gasteiger partial charge in [0, 0.05) is 32.4 Å². The van der Waals surface area contributed by atoms with E-state index in [1.807, 2.05) is 12.1 Å². The van der Waals surface area contributed by atoms with Gasteiger partial charge in [-0.3, -0.25) is 4.79 Å². The lowest BCUT2D eigenvalue weighted by Crippen LogP contribution is -2.33. The average Bonchev–Trinajstić information content (AvgIpc) is 3.20. The molecule has 1 fully saturated rings. The Hall–Kier alpha value is -2.18. The standard InChI is InChI=1S/C23H32N2O4/c26-23(24-17-20-10-13-27-14-11-20)16-21-15-22(29-25-21)18-28-12-6-2-5-9-19-7-3-1-4-8-19/h1,3-4,7-8,15,20H,2,5-6,9-14,16-18H2,(H,24,26). The molecule has 3 rings (SSSR count). The number of hydrogen-bond donors (Lipinski definition) is 1. The molecule has 0 spiro atoms. The van der Waals surface area contributed by atoms with E-state index in [-0.39, 0.29) is 12.3 Å². The Bertz CT molecular complexity index is 711. The van der Waals surface area contributed by atoms with Crippen molar-refractivity contribution in [2.75, 3.05) is 26.4 Å². The molecule has 1 aliphatic rings. The number of carbonyl (C=O) groups is 1. The monoisotopic (exact) mass is 400 g/mol. The topological polar surface area (TPSA) is 73.6 Å². The summed E-state index contributed by atoms with van der Waals surface area (Å²) in [4.78, 5) is 12.1. The predicted octanol–water partition coefficient (Wildman–Crippen LogP) is 3.69. The lowest BCUT2D eigenvalue weighted by Gasteiger charge is -2.21. The SMILES string of the molecule is O=C(Cc1cc(COCCCCCc2ccccc2)on1)NCC1CCOCC1. The quantitative estimate of drug-likeness (QED) is 0.550. The van der Waals surface area contributed by atoms with Crippen molar-refractivity contribution in [3.63, 3.8) is 0 Å². The maximum Gasteiger partial charge on any atom is 0.226 e. The Kier molecular flexibility index (Phi) is 9.20. The van der Waals surface area contributed by atoms with Gasteiger partial charge in [0.15, 0.2) is 5.76 Å². The first-order chi connectivity index (χ1) is 14.3. The van der Waals surface area contributed by atoms with E-state index >= 15 is 0 Å². The Labute approximate surface area is 172 Å². The molecule has 2 heterocycles. The van der Waals surface area contributed by atoms with Crippen LogP contribution in [-0.2, 0) is 33.7 Å². The number of rotatable bonds is 12. The fourth-order valence-electron chi connectivity index (χ4n) is 3.47. The van der Waals surface area contributed by atoms with Crippen LogP contribution in [0.25, 0.3) is 0 Å². The van der Waals surface area contributed by atoms with Gasteiger partial charge in [-0.15, -0.1) is 0 Å². The van der Waals surface area contributed by atoms with Crippen molar-refractivity contribution in [1.82, 2.24) is 10.5 Å². The summed E-state index contributed by atoms with van der Waals surface area (Å²) in [5.74, 6) is 1.17. The summed E-state index contributed by atoms with van der Waals surface area (Å²) in [6.07, 6.45) is 6.72. The van der Waals surface area contributed by atoms with Gasteiger partial charge < -0.3 is 19.3 Å². The van der Waals surface area contributed by atoms with E-state index in [0.29, 0.717) is 37.1 Å². The van der Waals surface area contributed by atoms with Crippen molar-refractivity contribution in [1.29, 1.82) is 0 Å². The molecule has 1 aromatic carbocycles. The first-order valence-electron chi connectivity index (χ1n) is 10.7. The minimum atomic E-state index is -0.0179. The fourth-order valence-corrected chi connectivity index (χ4v) is 3.47. The van der Waals surface area contributed by atoms with Gasteiger partial charge in [0.1, 0.15) is 6.61 Å². The average molecular weight is 401 g/mol. The number of hydrogen-bond acceptors (Lipinski definition) is 5. The lowest BCUT2D eigenvalue weighted by molar-refractivity contribution is -0.120. The highest BCUT2D eigenvalue weighted by Gasteiger charge is 2.15. The summed E-state index contributed by atoms with van der Waals surface area (Å²) in [7, 11) is 0. The summed E-state index contributed by atoms with van der Waals surface area (Å²) < 4.78 is 16.3. The molecule has 29 heavy (non-hydrogen) atoms. The second kappa shape index (κ2) is 12.4. The van der Waals surface area contributed by atoms with E-state index in [2.05, 4.69) is 34.7 Å². The molecule has 0 radical (unpaired) electrons. The minimum Gasteiger partial charge on any atom is -0.381 e. The van der Waals surface area contributed by atoms with Crippen molar-refractivity contribution in [2.45, 2.75) is 51.6 Å². The second-order valence-corrected chi connectivity index (χ2v) is 7.67. The first-order valence-corrected chi connectivity index (χ1v) is 10.7. The Morgan fingerprint density at radius 3 is 2.79 bits per heavy atom. The molecule has 1 aromatic heterocycles. The van der Waals surface area contributed by atoms with E-state index in [1.165, 1.54) is 12.0 Å². The number of nitrogens with one attached hydrogen (secondary N) is 1. The van der Waals surface area contributed by atoms with Crippen LogP contribution in [0.4, 0.5) is 0 Å². The van der Waals surface area contributed by atoms with Crippen molar-refractivity contribution >= 4 is 5.91 Å². The largest absolute Gasteiger partial charge is 0.381 e. The third-order valence-corrected chi connectivity index (χ3v) is 5.22. The van der Waals surface area contributed by atoms with Crippen LogP contribution in [0.2, 0.25) is 0 Å². The molecule has 0 atom stereocenters. The van der Waals surface area contributed by atoms with E-state index < -0.39 is 0 Å². The van der Waals surface area contributed by atoms with E-state index in [4.69, 9.17) is 14.0 Å². The summed E-state index contributed by atoms with van der Waals surface area (Å²) in [5, 5.41) is 6.96. The van der Waals surface area contributed by atoms with Crippen LogP contribution in [0.5, 0.6) is 0 Å². The van der Waals surface area contributed by atoms with Gasteiger partial charge in [0.2, 0.25) is 5.91 Å². The number of benzene rings is 1. The van der Waals surface area contributed by atoms with Crippen molar-refractivity contribution < 1.29 is 18.8 Å². The smallest absolute Gasteiger partial charge is 0.226 e. The number of unbranched alkanes of at least 4 members (excludes halogenated alkanes) is 2. The Morgan fingerprint density at radius 2 is 1.97 bits per heavy atom. The van der Waals surface area contributed by atoms with Crippen LogP contribution in [-0.4, -0.2) is 37.4 Å². The van der Waals surface area contributed by atoms with E-state index in [1.54, 1.807) is 0 Å². The van der Waals surface area contributed by atoms with Gasteiger partial charge in [0.25, 0.3) is 0 Å². The maximum absolute atomic E-state index is 12.1. The molecule has 158 valence electrons. The van der Waals surface area contributed by atoms with Gasteiger partial charge in [-0.05, 0) is 43.6 Å². The second-order valence-electron chi connectivity index (χ2n) is 7.67. The van der Waals surface area contributed by atoms with Crippen LogP contribution in [0, 0.1) is 5.92 Å². The van der Waals surface area contributed by atoms with Crippen LogP contribution < -0.4 is 5.32 Å². The van der Waals surface area contributed by atoms with Crippen molar-refractivity contribution in [2.24, 2.45) is 5.92 Å². The van der Waals surface area contributed by atoms with Crippen LogP contribution in [0.1, 0.15) is 49.1 Å². The molecule has 0 unspecified atom stereocenters. The number of amides is 1. The van der Waals surface area contributed by atoms with E-state index in [9.17, 15) is 4.79 Å². The van der Waals surface area contributed by atoms with Gasteiger partial charge in [-0.2, -0.15) is 0 Å². The molecule has 1 aliphatic heterocycles. The van der Waals surface area contributed by atoms with Crippen molar-refractivity contribution in [3.8, 4) is 0 Å². The normalized spacial score (nSPS) is 14.8.